The molecule has 7 heteroatoms. The van der Waals surface area contributed by atoms with Crippen LogP contribution in [0, 0.1) is 0 Å². The van der Waals surface area contributed by atoms with E-state index in [1.54, 1.807) is 18.2 Å². The van der Waals surface area contributed by atoms with Gasteiger partial charge in [-0.05, 0) is 35.3 Å². The number of ether oxygens (including phenoxy) is 1. The summed E-state index contributed by atoms with van der Waals surface area (Å²) in [5.41, 5.74) is 0.521. The first kappa shape index (κ1) is 14.9. The molecule has 0 fully saturated rings. The molecule has 84 valence electrons. The van der Waals surface area contributed by atoms with Crippen molar-refractivity contribution in [2.24, 2.45) is 0 Å². The molecule has 0 aliphatic carbocycles. The molecule has 1 unspecified atom stereocenters. The van der Waals surface area contributed by atoms with Crippen LogP contribution >= 0.6 is 11.6 Å². The second-order valence-corrected chi connectivity index (χ2v) is 4.36. The van der Waals surface area contributed by atoms with Gasteiger partial charge in [0.25, 0.3) is 0 Å². The summed E-state index contributed by atoms with van der Waals surface area (Å²) < 4.78 is 26.9. The first-order valence-corrected chi connectivity index (χ1v) is 5.80. The van der Waals surface area contributed by atoms with Gasteiger partial charge in [0.2, 0.25) is 0 Å². The van der Waals surface area contributed by atoms with Gasteiger partial charge in [0.15, 0.2) is 0 Å². The van der Waals surface area contributed by atoms with E-state index in [0.717, 1.165) is 5.39 Å². The minimum absolute atomic E-state index is 0. The summed E-state index contributed by atoms with van der Waals surface area (Å²) >= 11 is 3.37. The smallest absolute Gasteiger partial charge is 0.768 e. The first-order valence-electron chi connectivity index (χ1n) is 4.35. The van der Waals surface area contributed by atoms with Crippen molar-refractivity contribution in [3.05, 3.63) is 29.4 Å². The Morgan fingerprint density at radius 2 is 2.12 bits per heavy atom. The molecule has 2 rings (SSSR count). The Kier molecular flexibility index (Phi) is 5.37. The quantitative estimate of drug-likeness (QED) is 0.408. The van der Waals surface area contributed by atoms with Crippen LogP contribution in [-0.2, 0) is 11.1 Å². The van der Waals surface area contributed by atoms with Crippen LogP contribution in [-0.4, -0.2) is 20.9 Å². The third-order valence-electron chi connectivity index (χ3n) is 2.12. The maximum atomic E-state index is 11.0. The van der Waals surface area contributed by atoms with Crippen LogP contribution in [0.2, 0.25) is 5.15 Å². The van der Waals surface area contributed by atoms with E-state index >= 15 is 0 Å². The molecule has 0 bridgehead atoms. The third kappa shape index (κ3) is 3.19. The van der Waals surface area contributed by atoms with Gasteiger partial charge in [-0.2, -0.15) is 0 Å². The fourth-order valence-corrected chi connectivity index (χ4v) is 2.06. The molecule has 0 saturated carbocycles. The molecule has 0 N–H and O–H groups in total. The van der Waals surface area contributed by atoms with E-state index in [2.05, 4.69) is 4.98 Å². The summed E-state index contributed by atoms with van der Waals surface area (Å²) in [7, 11) is 1.42. The van der Waals surface area contributed by atoms with Crippen molar-refractivity contribution in [2.45, 2.75) is 4.90 Å². The molecule has 4 nitrogen and oxygen atoms in total. The van der Waals surface area contributed by atoms with Crippen molar-refractivity contribution in [3.8, 4) is 5.75 Å². The number of fused-ring (bicyclic) bond motifs is 1. The van der Waals surface area contributed by atoms with Gasteiger partial charge in [-0.3, -0.25) is 4.21 Å². The summed E-state index contributed by atoms with van der Waals surface area (Å²) in [4.78, 5) is 4.10. The van der Waals surface area contributed by atoms with Crippen LogP contribution in [0.15, 0.2) is 29.2 Å². The predicted octanol–water partition coefficient (Wildman–Crippen LogP) is -0.861. The van der Waals surface area contributed by atoms with E-state index in [4.69, 9.17) is 16.3 Å². The van der Waals surface area contributed by atoms with E-state index in [0.29, 0.717) is 16.4 Å². The molecule has 2 aromatic rings. The molecular formula is C10H7ClNNaO3S. The van der Waals surface area contributed by atoms with Crippen LogP contribution < -0.4 is 34.3 Å². The van der Waals surface area contributed by atoms with Crippen molar-refractivity contribution in [1.29, 1.82) is 0 Å². The molecule has 0 aliphatic heterocycles. The average molecular weight is 280 g/mol. The zero-order valence-electron chi connectivity index (χ0n) is 9.27. The van der Waals surface area contributed by atoms with Crippen LogP contribution in [0.1, 0.15) is 0 Å². The van der Waals surface area contributed by atoms with Crippen LogP contribution in [0.3, 0.4) is 0 Å². The maximum Gasteiger partial charge on any atom is 1.00 e. The van der Waals surface area contributed by atoms with Crippen LogP contribution in [0.5, 0.6) is 5.75 Å². The zero-order chi connectivity index (χ0) is 11.7. The molecule has 0 aliphatic rings. The SMILES string of the molecule is COc1cc2ccc(Cl)nc2cc1S(=O)[O-].[Na+]. The average Bonchev–Trinajstić information content (AvgIpc) is 2.27. The molecule has 0 radical (unpaired) electrons. The number of aromatic nitrogens is 1. The van der Waals surface area contributed by atoms with Crippen molar-refractivity contribution in [2.75, 3.05) is 7.11 Å². The summed E-state index contributed by atoms with van der Waals surface area (Å²) in [5.74, 6) is 0.296. The van der Waals surface area contributed by atoms with Crippen molar-refractivity contribution < 1.29 is 43.1 Å². The fourth-order valence-electron chi connectivity index (χ4n) is 1.40. The molecule has 0 saturated heterocycles. The van der Waals surface area contributed by atoms with Crippen molar-refractivity contribution in [3.63, 3.8) is 0 Å². The minimum atomic E-state index is -2.36. The maximum absolute atomic E-state index is 11.0. The Hall–Kier alpha value is -0.170. The van der Waals surface area contributed by atoms with Gasteiger partial charge in [-0.15, -0.1) is 0 Å². The van der Waals surface area contributed by atoms with Gasteiger partial charge in [0.05, 0.1) is 17.5 Å². The molecule has 0 amide bonds. The Bertz CT molecular complexity index is 579. The van der Waals surface area contributed by atoms with E-state index in [-0.39, 0.29) is 34.5 Å². The topological polar surface area (TPSA) is 62.2 Å². The van der Waals surface area contributed by atoms with E-state index in [1.165, 1.54) is 13.2 Å². The number of methoxy groups -OCH3 is 1. The Morgan fingerprint density at radius 1 is 1.41 bits per heavy atom. The first-order chi connectivity index (χ1) is 7.61. The number of rotatable bonds is 2. The van der Waals surface area contributed by atoms with E-state index in [1.807, 2.05) is 0 Å². The minimum Gasteiger partial charge on any atom is -0.768 e. The molecule has 1 atom stereocenters. The summed E-state index contributed by atoms with van der Waals surface area (Å²) in [6.45, 7) is 0. The Morgan fingerprint density at radius 3 is 2.71 bits per heavy atom. The molecular weight excluding hydrogens is 273 g/mol. The number of nitrogens with zero attached hydrogens (tertiary/aromatic N) is 1. The van der Waals surface area contributed by atoms with Gasteiger partial charge in [0.1, 0.15) is 10.9 Å². The third-order valence-corrected chi connectivity index (χ3v) is 3.01. The number of hydrogen-bond donors (Lipinski definition) is 0. The monoisotopic (exact) mass is 279 g/mol. The molecule has 1 heterocycles. The Labute approximate surface area is 128 Å². The van der Waals surface area contributed by atoms with E-state index < -0.39 is 11.1 Å². The van der Waals surface area contributed by atoms with Gasteiger partial charge in [0, 0.05) is 5.39 Å². The van der Waals surface area contributed by atoms with Gasteiger partial charge >= 0.3 is 29.6 Å². The van der Waals surface area contributed by atoms with Gasteiger partial charge in [-0.1, -0.05) is 11.6 Å². The molecule has 1 aromatic carbocycles. The van der Waals surface area contributed by atoms with Crippen LogP contribution in [0.4, 0.5) is 0 Å². The molecule has 1 aromatic heterocycles. The zero-order valence-corrected chi connectivity index (χ0v) is 12.8. The number of hydrogen-bond acceptors (Lipinski definition) is 4. The predicted molar refractivity (Wildman–Crippen MR) is 60.5 cm³/mol. The molecule has 17 heavy (non-hydrogen) atoms. The number of pyridine rings is 1. The van der Waals surface area contributed by atoms with Crippen molar-refractivity contribution in [1.82, 2.24) is 4.98 Å². The van der Waals surface area contributed by atoms with E-state index in [9.17, 15) is 8.76 Å². The van der Waals surface area contributed by atoms with Crippen molar-refractivity contribution >= 4 is 33.6 Å². The summed E-state index contributed by atoms with van der Waals surface area (Å²) in [6.07, 6.45) is 0. The summed E-state index contributed by atoms with van der Waals surface area (Å²) in [6, 6.07) is 6.44. The standard InChI is InChI=1S/C10H8ClNO3S.Na/c1-15-8-4-6-2-3-10(11)12-7(6)5-9(8)16(13)14;/h2-5H,1H3,(H,13,14);/q;+1/p-1. The number of halogens is 1. The fraction of sp³-hybridized carbons (Fsp3) is 0.100. The normalized spacial score (nSPS) is 11.9. The summed E-state index contributed by atoms with van der Waals surface area (Å²) in [5, 5.41) is 1.09. The molecule has 0 spiro atoms. The second kappa shape index (κ2) is 6.13. The van der Waals surface area contributed by atoms with Crippen LogP contribution in [0.25, 0.3) is 10.9 Å². The second-order valence-electron chi connectivity index (χ2n) is 3.06. The Balaban J connectivity index is 0.00000144. The number of benzene rings is 1. The largest absolute Gasteiger partial charge is 1.00 e. The van der Waals surface area contributed by atoms with Gasteiger partial charge in [-0.25, -0.2) is 4.98 Å². The van der Waals surface area contributed by atoms with Gasteiger partial charge < -0.3 is 9.29 Å².